The lowest BCUT2D eigenvalue weighted by atomic mass is 9.96. The molecule has 28 heavy (non-hydrogen) atoms. The Bertz CT molecular complexity index is 713. The highest BCUT2D eigenvalue weighted by molar-refractivity contribution is 14.0. The number of aromatic nitrogens is 2. The first kappa shape index (κ1) is 22.7. The third-order valence-corrected chi connectivity index (χ3v) is 5.05. The summed E-state index contributed by atoms with van der Waals surface area (Å²) in [6.45, 7) is 6.43. The predicted octanol–water partition coefficient (Wildman–Crippen LogP) is 3.70. The van der Waals surface area contributed by atoms with Crippen molar-refractivity contribution in [2.24, 2.45) is 10.9 Å². The Balaban J connectivity index is 0.00000280. The topological polar surface area (TPSA) is 54.7 Å². The van der Waals surface area contributed by atoms with Gasteiger partial charge in [0.2, 0.25) is 0 Å². The van der Waals surface area contributed by atoms with Gasteiger partial charge in [-0.2, -0.15) is 5.10 Å². The average molecular weight is 497 g/mol. The molecule has 0 radical (unpaired) electrons. The predicted molar refractivity (Wildman–Crippen MR) is 125 cm³/mol. The van der Waals surface area contributed by atoms with Crippen molar-refractivity contribution in [2.75, 3.05) is 33.4 Å². The molecule has 2 aromatic rings. The lowest BCUT2D eigenvalue weighted by molar-refractivity contribution is 0.0625. The second-order valence-corrected chi connectivity index (χ2v) is 7.02. The van der Waals surface area contributed by atoms with Crippen LogP contribution in [0.4, 0.5) is 0 Å². The fourth-order valence-electron chi connectivity index (χ4n) is 3.43. The smallest absolute Gasteiger partial charge is 0.193 e. The molecule has 1 N–H and O–H groups in total. The van der Waals surface area contributed by atoms with Crippen molar-refractivity contribution < 1.29 is 4.74 Å². The Hall–Kier alpha value is -1.61. The molecule has 0 saturated carbocycles. The van der Waals surface area contributed by atoms with Gasteiger partial charge in [-0.25, -0.2) is 9.67 Å². The first-order chi connectivity index (χ1) is 13.3. The number of para-hydroxylation sites is 1. The largest absolute Gasteiger partial charge is 0.381 e. The van der Waals surface area contributed by atoms with E-state index in [-0.39, 0.29) is 24.0 Å². The second-order valence-electron chi connectivity index (χ2n) is 7.02. The zero-order valence-electron chi connectivity index (χ0n) is 16.9. The van der Waals surface area contributed by atoms with Crippen LogP contribution in [0, 0.1) is 5.92 Å². The van der Waals surface area contributed by atoms with Gasteiger partial charge in [0.25, 0.3) is 0 Å². The number of nitrogens with one attached hydrogen (secondary N) is 1. The average Bonchev–Trinajstić information content (AvgIpc) is 3.25. The maximum Gasteiger partial charge on any atom is 0.193 e. The number of hydrogen-bond donors (Lipinski definition) is 1. The van der Waals surface area contributed by atoms with E-state index in [1.54, 1.807) is 6.20 Å². The third-order valence-electron chi connectivity index (χ3n) is 5.05. The highest BCUT2D eigenvalue weighted by Crippen LogP contribution is 2.19. The minimum absolute atomic E-state index is 0. The molecule has 1 aromatic carbocycles. The van der Waals surface area contributed by atoms with Gasteiger partial charge in [0.1, 0.15) is 0 Å². The van der Waals surface area contributed by atoms with Gasteiger partial charge in [-0.3, -0.25) is 0 Å². The molecule has 3 rings (SSSR count). The van der Waals surface area contributed by atoms with E-state index < -0.39 is 0 Å². The zero-order valence-corrected chi connectivity index (χ0v) is 19.2. The van der Waals surface area contributed by atoms with Crippen molar-refractivity contribution in [1.82, 2.24) is 20.0 Å². The molecule has 2 heterocycles. The number of guanidine groups is 1. The van der Waals surface area contributed by atoms with Crippen molar-refractivity contribution >= 4 is 29.9 Å². The number of rotatable bonds is 7. The Kier molecular flexibility index (Phi) is 9.77. The van der Waals surface area contributed by atoms with Gasteiger partial charge in [0.05, 0.1) is 12.2 Å². The molecule has 0 aliphatic carbocycles. The van der Waals surface area contributed by atoms with E-state index >= 15 is 0 Å². The van der Waals surface area contributed by atoms with Crippen LogP contribution < -0.4 is 5.32 Å². The normalized spacial score (nSPS) is 15.1. The highest BCUT2D eigenvalue weighted by atomic mass is 127. The Morgan fingerprint density at radius 2 is 2.07 bits per heavy atom. The summed E-state index contributed by atoms with van der Waals surface area (Å²) in [5, 5.41) is 7.78. The van der Waals surface area contributed by atoms with Crippen LogP contribution in [0.2, 0.25) is 0 Å². The van der Waals surface area contributed by atoms with Crippen LogP contribution in [0.5, 0.6) is 0 Å². The highest BCUT2D eigenvalue weighted by Gasteiger charge is 2.15. The van der Waals surface area contributed by atoms with Gasteiger partial charge in [0, 0.05) is 45.7 Å². The summed E-state index contributed by atoms with van der Waals surface area (Å²) in [5.41, 5.74) is 2.24. The molecule has 1 aromatic heterocycles. The van der Waals surface area contributed by atoms with E-state index in [4.69, 9.17) is 9.73 Å². The Morgan fingerprint density at radius 3 is 2.79 bits per heavy atom. The molecule has 1 fully saturated rings. The van der Waals surface area contributed by atoms with Gasteiger partial charge in [0.15, 0.2) is 5.96 Å². The maximum absolute atomic E-state index is 5.47. The molecule has 0 spiro atoms. The molecule has 0 unspecified atom stereocenters. The molecular weight excluding hydrogens is 465 g/mol. The number of hydrogen-bond acceptors (Lipinski definition) is 3. The molecule has 1 saturated heterocycles. The number of halogens is 1. The number of ether oxygens (including phenoxy) is 1. The Morgan fingerprint density at radius 1 is 1.29 bits per heavy atom. The fourth-order valence-corrected chi connectivity index (χ4v) is 3.43. The van der Waals surface area contributed by atoms with Gasteiger partial charge >= 0.3 is 0 Å². The molecule has 0 amide bonds. The Labute approximate surface area is 185 Å². The van der Waals surface area contributed by atoms with E-state index in [1.807, 2.05) is 23.0 Å². The first-order valence-corrected chi connectivity index (χ1v) is 9.93. The van der Waals surface area contributed by atoms with E-state index in [9.17, 15) is 0 Å². The number of benzene rings is 1. The van der Waals surface area contributed by atoms with Gasteiger partial charge in [-0.05, 0) is 49.8 Å². The van der Waals surface area contributed by atoms with Gasteiger partial charge in [-0.15, -0.1) is 24.0 Å². The van der Waals surface area contributed by atoms with Crippen molar-refractivity contribution in [3.63, 3.8) is 0 Å². The molecule has 0 bridgehead atoms. The van der Waals surface area contributed by atoms with Gasteiger partial charge in [-0.1, -0.05) is 18.2 Å². The van der Waals surface area contributed by atoms with E-state index in [0.29, 0.717) is 6.54 Å². The molecular formula is C21H32IN5O. The van der Waals surface area contributed by atoms with Crippen LogP contribution in [-0.4, -0.2) is 54.0 Å². The summed E-state index contributed by atoms with van der Waals surface area (Å²) in [6.07, 6.45) is 7.31. The maximum atomic E-state index is 5.47. The van der Waals surface area contributed by atoms with Crippen LogP contribution in [-0.2, 0) is 11.3 Å². The minimum atomic E-state index is 0. The van der Waals surface area contributed by atoms with Crippen molar-refractivity contribution in [2.45, 2.75) is 32.7 Å². The lowest BCUT2D eigenvalue weighted by Crippen LogP contribution is -2.40. The molecule has 1 aliphatic rings. The first-order valence-electron chi connectivity index (χ1n) is 9.93. The summed E-state index contributed by atoms with van der Waals surface area (Å²) in [6, 6.07) is 10.2. The lowest BCUT2D eigenvalue weighted by Gasteiger charge is -2.27. The van der Waals surface area contributed by atoms with Crippen molar-refractivity contribution in [1.29, 1.82) is 0 Å². The van der Waals surface area contributed by atoms with Crippen LogP contribution in [0.25, 0.3) is 5.69 Å². The third kappa shape index (κ3) is 6.48. The van der Waals surface area contributed by atoms with Crippen LogP contribution in [0.15, 0.2) is 47.7 Å². The van der Waals surface area contributed by atoms with E-state index in [1.165, 1.54) is 19.3 Å². The molecule has 1 aliphatic heterocycles. The van der Waals surface area contributed by atoms with Crippen molar-refractivity contribution in [3.05, 3.63) is 48.3 Å². The second kappa shape index (κ2) is 12.1. The summed E-state index contributed by atoms with van der Waals surface area (Å²) >= 11 is 0. The van der Waals surface area contributed by atoms with Crippen LogP contribution in [0.3, 0.4) is 0 Å². The van der Waals surface area contributed by atoms with E-state index in [2.05, 4.69) is 47.5 Å². The number of aliphatic imine (C=N–C) groups is 1. The molecule has 154 valence electrons. The number of nitrogens with zero attached hydrogens (tertiary/aromatic N) is 4. The molecule has 7 heteroatoms. The van der Waals surface area contributed by atoms with Crippen molar-refractivity contribution in [3.8, 4) is 5.69 Å². The quantitative estimate of drug-likeness (QED) is 0.360. The SMILES string of the molecule is CCNC(=NCc1ccccc1-n1cccn1)N(C)CCC1CCOCC1.I. The summed E-state index contributed by atoms with van der Waals surface area (Å²) in [7, 11) is 2.13. The zero-order chi connectivity index (χ0) is 18.9. The monoisotopic (exact) mass is 497 g/mol. The standard InChI is InChI=1S/C21H31N5O.HI/c1-3-22-21(25(2)14-9-18-10-15-27-16-11-18)23-17-19-7-4-5-8-20(19)26-13-6-12-24-26;/h4-8,12-13,18H,3,9-11,14-17H2,1-2H3,(H,22,23);1H. The van der Waals surface area contributed by atoms with Crippen LogP contribution in [0.1, 0.15) is 31.7 Å². The summed E-state index contributed by atoms with van der Waals surface area (Å²) in [5.74, 6) is 1.73. The molecule has 0 atom stereocenters. The summed E-state index contributed by atoms with van der Waals surface area (Å²) < 4.78 is 7.36. The fraction of sp³-hybridized carbons (Fsp3) is 0.524. The van der Waals surface area contributed by atoms with Crippen LogP contribution >= 0.6 is 24.0 Å². The van der Waals surface area contributed by atoms with Gasteiger partial charge < -0.3 is 15.0 Å². The summed E-state index contributed by atoms with van der Waals surface area (Å²) in [4.78, 5) is 7.13. The minimum Gasteiger partial charge on any atom is -0.381 e. The van der Waals surface area contributed by atoms with E-state index in [0.717, 1.165) is 49.4 Å². The molecule has 6 nitrogen and oxygen atoms in total.